The molecule has 2 atom stereocenters. The molecular formula is C16H22N4O3S2. The largest absolute Gasteiger partial charge is 0.293 e. The highest BCUT2D eigenvalue weighted by Crippen LogP contribution is 2.30. The molecule has 3 saturated heterocycles. The molecule has 5 heterocycles. The lowest BCUT2D eigenvalue weighted by Gasteiger charge is -2.35. The van der Waals surface area contributed by atoms with Gasteiger partial charge in [-0.25, -0.2) is 17.7 Å². The third kappa shape index (κ3) is 3.38. The Kier molecular flexibility index (Phi) is 4.22. The SMILES string of the molecule is Cc1cn2c(=O)cc(CN3C[C@@H]4CC[C@H]3CN(S(C)(=O)=O)C4)nc2s1. The second-order valence-electron chi connectivity index (χ2n) is 7.19. The Morgan fingerprint density at radius 3 is 2.84 bits per heavy atom. The maximum atomic E-state index is 12.3. The lowest BCUT2D eigenvalue weighted by atomic mass is 9.95. The zero-order valence-electron chi connectivity index (χ0n) is 14.4. The van der Waals surface area contributed by atoms with Crippen molar-refractivity contribution in [3.63, 3.8) is 0 Å². The van der Waals surface area contributed by atoms with Crippen LogP contribution in [0.15, 0.2) is 17.1 Å². The Hall–Kier alpha value is -1.29. The second-order valence-corrected chi connectivity index (χ2v) is 10.4. The van der Waals surface area contributed by atoms with Crippen molar-refractivity contribution in [1.82, 2.24) is 18.6 Å². The first kappa shape index (κ1) is 17.1. The van der Waals surface area contributed by atoms with E-state index in [9.17, 15) is 13.2 Å². The van der Waals surface area contributed by atoms with Gasteiger partial charge in [-0.2, -0.15) is 0 Å². The third-order valence-electron chi connectivity index (χ3n) is 5.16. The van der Waals surface area contributed by atoms with Gasteiger partial charge >= 0.3 is 0 Å². The number of fused-ring (bicyclic) bond motifs is 5. The molecular weight excluding hydrogens is 360 g/mol. The Labute approximate surface area is 150 Å². The van der Waals surface area contributed by atoms with Gasteiger partial charge in [0.1, 0.15) is 0 Å². The van der Waals surface area contributed by atoms with Crippen LogP contribution in [0.4, 0.5) is 0 Å². The van der Waals surface area contributed by atoms with Gasteiger partial charge in [-0.1, -0.05) is 0 Å². The molecule has 0 saturated carbocycles. The van der Waals surface area contributed by atoms with Gasteiger partial charge in [-0.15, -0.1) is 11.3 Å². The summed E-state index contributed by atoms with van der Waals surface area (Å²) in [5.41, 5.74) is 0.715. The van der Waals surface area contributed by atoms with E-state index >= 15 is 0 Å². The molecule has 3 aliphatic heterocycles. The van der Waals surface area contributed by atoms with Crippen LogP contribution in [0, 0.1) is 12.8 Å². The predicted molar refractivity (Wildman–Crippen MR) is 97.4 cm³/mol. The van der Waals surface area contributed by atoms with Crippen LogP contribution in [0.5, 0.6) is 0 Å². The molecule has 0 radical (unpaired) electrons. The number of hydrogen-bond acceptors (Lipinski definition) is 6. The molecule has 3 fully saturated rings. The monoisotopic (exact) mass is 382 g/mol. The van der Waals surface area contributed by atoms with Crippen molar-refractivity contribution in [1.29, 1.82) is 0 Å². The number of piperidine rings is 1. The summed E-state index contributed by atoms with van der Waals surface area (Å²) in [5, 5.41) is 0. The Bertz CT molecular complexity index is 965. The summed E-state index contributed by atoms with van der Waals surface area (Å²) in [6.45, 7) is 4.56. The fraction of sp³-hybridized carbons (Fsp3) is 0.625. The van der Waals surface area contributed by atoms with Crippen LogP contribution < -0.4 is 5.56 Å². The lowest BCUT2D eigenvalue weighted by Crippen LogP contribution is -2.44. The maximum Gasteiger partial charge on any atom is 0.258 e. The molecule has 0 aliphatic carbocycles. The maximum absolute atomic E-state index is 12.3. The van der Waals surface area contributed by atoms with Crippen LogP contribution in [0.25, 0.3) is 4.96 Å². The van der Waals surface area contributed by atoms with Crippen molar-refractivity contribution in [2.24, 2.45) is 5.92 Å². The van der Waals surface area contributed by atoms with Gasteiger partial charge in [-0.3, -0.25) is 14.1 Å². The minimum absolute atomic E-state index is 0.0536. The number of nitrogens with zero attached hydrogens (tertiary/aromatic N) is 4. The average Bonchev–Trinajstić information content (AvgIpc) is 2.69. The zero-order valence-corrected chi connectivity index (χ0v) is 16.0. The normalized spacial score (nSPS) is 25.5. The number of thiazole rings is 1. The molecule has 0 spiro atoms. The highest BCUT2D eigenvalue weighted by Gasteiger charge is 2.37. The van der Waals surface area contributed by atoms with Crippen molar-refractivity contribution >= 4 is 26.3 Å². The molecule has 2 aromatic heterocycles. The first-order valence-corrected chi connectivity index (χ1v) is 11.1. The summed E-state index contributed by atoms with van der Waals surface area (Å²) in [4.78, 5) is 21.0. The van der Waals surface area contributed by atoms with E-state index in [0.717, 1.165) is 34.9 Å². The van der Waals surface area contributed by atoms with E-state index < -0.39 is 10.0 Å². The van der Waals surface area contributed by atoms with Crippen LogP contribution in [-0.4, -0.2) is 58.9 Å². The van der Waals surface area contributed by atoms with E-state index in [1.807, 2.05) is 13.1 Å². The number of aromatic nitrogens is 2. The van der Waals surface area contributed by atoms with Crippen LogP contribution in [0.2, 0.25) is 0 Å². The number of hydrogen-bond donors (Lipinski definition) is 0. The quantitative estimate of drug-likeness (QED) is 0.789. The van der Waals surface area contributed by atoms with Gasteiger partial charge in [0.05, 0.1) is 11.9 Å². The molecule has 0 unspecified atom stereocenters. The highest BCUT2D eigenvalue weighted by molar-refractivity contribution is 7.88. The minimum atomic E-state index is -3.16. The standard InChI is InChI=1S/C16H22N4O3S2/c1-11-6-20-15(21)5-13(17-16(20)24-11)9-18-7-12-3-4-14(18)10-19(8-12)25(2,22)23/h5-6,12,14H,3-4,7-10H2,1-2H3/t12-,14-/m0/s1. The Morgan fingerprint density at radius 1 is 1.28 bits per heavy atom. The van der Waals surface area contributed by atoms with Crippen LogP contribution in [0.3, 0.4) is 0 Å². The first-order valence-electron chi connectivity index (χ1n) is 8.47. The molecule has 0 amide bonds. The average molecular weight is 383 g/mol. The van der Waals surface area contributed by atoms with Gasteiger partial charge in [0, 0.05) is 49.4 Å². The van der Waals surface area contributed by atoms with Crippen molar-refractivity contribution in [3.8, 4) is 0 Å². The molecule has 2 aromatic rings. The smallest absolute Gasteiger partial charge is 0.258 e. The summed E-state index contributed by atoms with van der Waals surface area (Å²) in [6.07, 6.45) is 5.16. The van der Waals surface area contributed by atoms with E-state index in [1.165, 1.54) is 17.6 Å². The van der Waals surface area contributed by atoms with Crippen molar-refractivity contribution in [2.45, 2.75) is 32.4 Å². The fourth-order valence-corrected chi connectivity index (χ4v) is 5.72. The minimum Gasteiger partial charge on any atom is -0.293 e. The van der Waals surface area contributed by atoms with Gasteiger partial charge in [0.2, 0.25) is 10.0 Å². The molecule has 9 heteroatoms. The van der Waals surface area contributed by atoms with E-state index in [0.29, 0.717) is 25.6 Å². The Balaban J connectivity index is 1.60. The van der Waals surface area contributed by atoms with Crippen LogP contribution in [-0.2, 0) is 16.6 Å². The van der Waals surface area contributed by atoms with E-state index in [-0.39, 0.29) is 11.6 Å². The highest BCUT2D eigenvalue weighted by atomic mass is 32.2. The molecule has 7 nitrogen and oxygen atoms in total. The van der Waals surface area contributed by atoms with E-state index in [4.69, 9.17) is 0 Å². The number of sulfonamides is 1. The predicted octanol–water partition coefficient (Wildman–Crippen LogP) is 0.920. The van der Waals surface area contributed by atoms with Gasteiger partial charge < -0.3 is 0 Å². The van der Waals surface area contributed by atoms with Gasteiger partial charge in [-0.05, 0) is 25.7 Å². The second kappa shape index (κ2) is 6.15. The van der Waals surface area contributed by atoms with Crippen LogP contribution in [0.1, 0.15) is 23.4 Å². The Morgan fingerprint density at radius 2 is 2.08 bits per heavy atom. The lowest BCUT2D eigenvalue weighted by molar-refractivity contribution is 0.124. The van der Waals surface area contributed by atoms with E-state index in [2.05, 4.69) is 9.88 Å². The summed E-state index contributed by atoms with van der Waals surface area (Å²) in [7, 11) is -3.16. The molecule has 25 heavy (non-hydrogen) atoms. The molecule has 5 rings (SSSR count). The number of rotatable bonds is 3. The van der Waals surface area contributed by atoms with Crippen LogP contribution >= 0.6 is 11.3 Å². The zero-order chi connectivity index (χ0) is 17.8. The molecule has 3 aliphatic rings. The van der Waals surface area contributed by atoms with Crippen molar-refractivity contribution in [2.75, 3.05) is 25.9 Å². The topological polar surface area (TPSA) is 75.0 Å². The summed E-state index contributed by atoms with van der Waals surface area (Å²) in [6, 6.07) is 1.80. The van der Waals surface area contributed by atoms with E-state index in [1.54, 1.807) is 14.8 Å². The van der Waals surface area contributed by atoms with Gasteiger partial charge in [0.25, 0.3) is 5.56 Å². The fourth-order valence-electron chi connectivity index (χ4n) is 3.95. The first-order chi connectivity index (χ1) is 11.8. The molecule has 0 N–H and O–H groups in total. The molecule has 136 valence electrons. The third-order valence-corrected chi connectivity index (χ3v) is 7.30. The van der Waals surface area contributed by atoms with Crippen molar-refractivity contribution in [3.05, 3.63) is 33.2 Å². The summed E-state index contributed by atoms with van der Waals surface area (Å²) >= 11 is 1.51. The van der Waals surface area contributed by atoms with Crippen molar-refractivity contribution < 1.29 is 8.42 Å². The summed E-state index contributed by atoms with van der Waals surface area (Å²) in [5.74, 6) is 0.349. The van der Waals surface area contributed by atoms with Gasteiger partial charge in [0.15, 0.2) is 4.96 Å². The molecule has 2 bridgehead atoms. The summed E-state index contributed by atoms with van der Waals surface area (Å²) < 4.78 is 27.1. The number of aryl methyl sites for hydroxylation is 1. The molecule has 0 aromatic carbocycles.